The summed E-state index contributed by atoms with van der Waals surface area (Å²) in [6, 6.07) is 13.4. The number of ether oxygens (including phenoxy) is 2. The minimum absolute atomic E-state index is 0.0186. The van der Waals surface area contributed by atoms with E-state index in [1.165, 1.54) is 29.5 Å². The molecule has 0 bridgehead atoms. The molecular weight excluding hydrogens is 528 g/mol. The number of benzene rings is 2. The van der Waals surface area contributed by atoms with E-state index in [1.807, 2.05) is 60.4 Å². The molecule has 0 atom stereocenters. The van der Waals surface area contributed by atoms with Gasteiger partial charge in [0.25, 0.3) is 5.91 Å². The molecule has 0 unspecified atom stereocenters. The van der Waals surface area contributed by atoms with E-state index in [-0.39, 0.29) is 11.9 Å². The summed E-state index contributed by atoms with van der Waals surface area (Å²) in [7, 11) is 1.60. The fraction of sp³-hybridized carbons (Fsp3) is 0.333. The highest BCUT2D eigenvalue weighted by atomic mass is 35.5. The van der Waals surface area contributed by atoms with Gasteiger partial charge in [0.05, 0.1) is 12.0 Å². The van der Waals surface area contributed by atoms with Crippen LogP contribution in [0, 0.1) is 6.92 Å². The van der Waals surface area contributed by atoms with Crippen molar-refractivity contribution in [3.63, 3.8) is 0 Å². The van der Waals surface area contributed by atoms with Crippen LogP contribution in [-0.4, -0.2) is 39.3 Å². The van der Waals surface area contributed by atoms with Crippen LogP contribution in [-0.2, 0) is 11.4 Å². The Morgan fingerprint density at radius 3 is 2.68 bits per heavy atom. The smallest absolute Gasteiger partial charge is 0.267 e. The van der Waals surface area contributed by atoms with Crippen LogP contribution in [0.2, 0.25) is 5.02 Å². The number of hydrogen-bond donors (Lipinski definition) is 0. The summed E-state index contributed by atoms with van der Waals surface area (Å²) in [5.74, 6) is 1.17. The SMILES string of the molecule is COc1cc(/C=C2\S/C(=N/c3nnc(C)s3)N(C3CCCCC3)C2=O)ccc1OCc1ccccc1Cl. The molecule has 0 radical (unpaired) electrons. The van der Waals surface area contributed by atoms with Gasteiger partial charge in [-0.3, -0.25) is 9.69 Å². The van der Waals surface area contributed by atoms with Crippen LogP contribution in [0.4, 0.5) is 5.13 Å². The average molecular weight is 555 g/mol. The summed E-state index contributed by atoms with van der Waals surface area (Å²) >= 11 is 9.06. The molecule has 3 aromatic rings. The molecule has 37 heavy (non-hydrogen) atoms. The van der Waals surface area contributed by atoms with E-state index in [9.17, 15) is 4.79 Å². The molecule has 192 valence electrons. The lowest BCUT2D eigenvalue weighted by molar-refractivity contribution is -0.124. The first-order valence-electron chi connectivity index (χ1n) is 12.2. The molecule has 1 aliphatic carbocycles. The first-order valence-corrected chi connectivity index (χ1v) is 14.2. The highest BCUT2D eigenvalue weighted by Crippen LogP contribution is 2.39. The number of carbonyl (C=O) groups excluding carboxylic acids is 1. The van der Waals surface area contributed by atoms with Crippen LogP contribution < -0.4 is 9.47 Å². The van der Waals surface area contributed by atoms with Gasteiger partial charge in [0.2, 0.25) is 5.13 Å². The topological polar surface area (TPSA) is 76.9 Å². The normalized spacial score (nSPS) is 18.7. The summed E-state index contributed by atoms with van der Waals surface area (Å²) in [6.07, 6.45) is 7.31. The van der Waals surface area contributed by atoms with Gasteiger partial charge >= 0.3 is 0 Å². The van der Waals surface area contributed by atoms with Gasteiger partial charge in [-0.2, -0.15) is 4.99 Å². The van der Waals surface area contributed by atoms with E-state index in [2.05, 4.69) is 10.2 Å². The fourth-order valence-electron chi connectivity index (χ4n) is 4.45. The first-order chi connectivity index (χ1) is 18.0. The number of rotatable bonds is 7. The lowest BCUT2D eigenvalue weighted by atomic mass is 9.94. The van der Waals surface area contributed by atoms with Crippen molar-refractivity contribution in [3.05, 3.63) is 68.5 Å². The lowest BCUT2D eigenvalue weighted by Gasteiger charge is -2.30. The molecule has 1 saturated heterocycles. The molecule has 7 nitrogen and oxygen atoms in total. The molecule has 1 amide bonds. The van der Waals surface area contributed by atoms with Crippen molar-refractivity contribution in [2.24, 2.45) is 4.99 Å². The molecule has 1 aliphatic heterocycles. The number of hydrogen-bond acceptors (Lipinski definition) is 8. The molecule has 2 aliphatic rings. The minimum atomic E-state index is -0.0186. The van der Waals surface area contributed by atoms with Gasteiger partial charge in [-0.1, -0.05) is 66.5 Å². The highest BCUT2D eigenvalue weighted by molar-refractivity contribution is 8.18. The Morgan fingerprint density at radius 1 is 1.14 bits per heavy atom. The summed E-state index contributed by atoms with van der Waals surface area (Å²) in [6.45, 7) is 2.22. The number of aryl methyl sites for hydroxylation is 1. The Bertz CT molecular complexity index is 1350. The number of aromatic nitrogens is 2. The summed E-state index contributed by atoms with van der Waals surface area (Å²) < 4.78 is 11.6. The van der Waals surface area contributed by atoms with E-state index in [4.69, 9.17) is 26.1 Å². The largest absolute Gasteiger partial charge is 0.493 e. The van der Waals surface area contributed by atoms with Gasteiger partial charge in [-0.05, 0) is 61.4 Å². The predicted octanol–water partition coefficient (Wildman–Crippen LogP) is 7.02. The number of amides is 1. The van der Waals surface area contributed by atoms with Crippen molar-refractivity contribution in [1.82, 2.24) is 15.1 Å². The third-order valence-corrected chi connectivity index (χ3v) is 8.39. The predicted molar refractivity (Wildman–Crippen MR) is 150 cm³/mol. The second kappa shape index (κ2) is 11.7. The lowest BCUT2D eigenvalue weighted by Crippen LogP contribution is -2.40. The van der Waals surface area contributed by atoms with Crippen molar-refractivity contribution < 1.29 is 14.3 Å². The molecule has 5 rings (SSSR count). The Morgan fingerprint density at radius 2 is 1.95 bits per heavy atom. The molecule has 2 heterocycles. The maximum atomic E-state index is 13.6. The van der Waals surface area contributed by atoms with Crippen LogP contribution in [0.1, 0.15) is 48.2 Å². The molecule has 2 aromatic carbocycles. The zero-order valence-corrected chi connectivity index (χ0v) is 23.0. The third kappa shape index (κ3) is 6.00. The number of methoxy groups -OCH3 is 1. The van der Waals surface area contributed by atoms with E-state index in [1.54, 1.807) is 7.11 Å². The maximum Gasteiger partial charge on any atom is 0.267 e. The molecule has 2 fully saturated rings. The second-order valence-electron chi connectivity index (χ2n) is 8.87. The maximum absolute atomic E-state index is 13.6. The van der Waals surface area contributed by atoms with Gasteiger partial charge in [0.15, 0.2) is 16.7 Å². The molecule has 10 heteroatoms. The molecular formula is C27H27ClN4O3S2. The van der Waals surface area contributed by atoms with Crippen molar-refractivity contribution >= 4 is 57.0 Å². The van der Waals surface area contributed by atoms with Gasteiger partial charge in [0.1, 0.15) is 11.6 Å². The van der Waals surface area contributed by atoms with E-state index < -0.39 is 0 Å². The first kappa shape index (κ1) is 25.8. The van der Waals surface area contributed by atoms with Crippen molar-refractivity contribution in [1.29, 1.82) is 0 Å². The number of nitrogens with zero attached hydrogens (tertiary/aromatic N) is 4. The zero-order valence-electron chi connectivity index (χ0n) is 20.6. The summed E-state index contributed by atoms with van der Waals surface area (Å²) in [5.41, 5.74) is 1.74. The Labute approximate surface area is 229 Å². The second-order valence-corrected chi connectivity index (χ2v) is 11.4. The van der Waals surface area contributed by atoms with Crippen LogP contribution in [0.25, 0.3) is 6.08 Å². The molecule has 1 aromatic heterocycles. The Balaban J connectivity index is 1.40. The Kier molecular flexibility index (Phi) is 8.12. The van der Waals surface area contributed by atoms with E-state index in [0.29, 0.717) is 38.3 Å². The van der Waals surface area contributed by atoms with Crippen LogP contribution in [0.5, 0.6) is 11.5 Å². The average Bonchev–Trinajstić information content (AvgIpc) is 3.46. The van der Waals surface area contributed by atoms with Crippen molar-refractivity contribution in [3.8, 4) is 11.5 Å². The monoisotopic (exact) mass is 554 g/mol. The van der Waals surface area contributed by atoms with E-state index in [0.717, 1.165) is 41.8 Å². The number of carbonyl (C=O) groups is 1. The Hall–Kier alpha value is -2.88. The number of thioether (sulfide) groups is 1. The number of aliphatic imine (C=N–C) groups is 1. The minimum Gasteiger partial charge on any atom is -0.493 e. The van der Waals surface area contributed by atoms with Crippen LogP contribution in [0.15, 0.2) is 52.4 Å². The van der Waals surface area contributed by atoms with Crippen LogP contribution >= 0.6 is 34.7 Å². The van der Waals surface area contributed by atoms with Gasteiger partial charge in [-0.25, -0.2) is 0 Å². The fourth-order valence-corrected chi connectivity index (χ4v) is 6.30. The van der Waals surface area contributed by atoms with Gasteiger partial charge in [-0.15, -0.1) is 10.2 Å². The number of amidine groups is 1. The van der Waals surface area contributed by atoms with Gasteiger partial charge in [0, 0.05) is 16.6 Å². The quantitative estimate of drug-likeness (QED) is 0.292. The standard InChI is InChI=1S/C27H27ClN4O3S2/c1-17-30-31-26(36-17)29-27-32(20-9-4-3-5-10-20)25(33)24(37-27)15-18-12-13-22(23(14-18)34-2)35-16-19-8-6-7-11-21(19)28/h6-8,11-15,20H,3-5,9-10,16H2,1-2H3/b24-15-,29-27+. The number of halogens is 1. The summed E-state index contributed by atoms with van der Waals surface area (Å²) in [5, 5.41) is 11.0. The zero-order chi connectivity index (χ0) is 25.8. The van der Waals surface area contributed by atoms with Gasteiger partial charge < -0.3 is 9.47 Å². The van der Waals surface area contributed by atoms with E-state index >= 15 is 0 Å². The van der Waals surface area contributed by atoms with Crippen molar-refractivity contribution in [2.45, 2.75) is 51.7 Å². The van der Waals surface area contributed by atoms with Crippen molar-refractivity contribution in [2.75, 3.05) is 7.11 Å². The molecule has 1 saturated carbocycles. The molecule has 0 spiro atoms. The van der Waals surface area contributed by atoms with Crippen LogP contribution in [0.3, 0.4) is 0 Å². The summed E-state index contributed by atoms with van der Waals surface area (Å²) in [4.78, 5) is 20.8. The molecule has 0 N–H and O–H groups in total. The highest BCUT2D eigenvalue weighted by Gasteiger charge is 2.39. The third-order valence-electron chi connectivity index (χ3n) is 6.31.